The number of rotatable bonds is 3. The first kappa shape index (κ1) is 15.3. The molecule has 0 spiro atoms. The van der Waals surface area contributed by atoms with Gasteiger partial charge in [-0.1, -0.05) is 30.3 Å². The van der Waals surface area contributed by atoms with Crippen LogP contribution >= 0.6 is 0 Å². The number of aromatic hydroxyl groups is 1. The number of amides is 2. The van der Waals surface area contributed by atoms with E-state index in [0.717, 1.165) is 16.8 Å². The van der Waals surface area contributed by atoms with Crippen molar-refractivity contribution in [3.8, 4) is 5.75 Å². The number of benzene rings is 3. The summed E-state index contributed by atoms with van der Waals surface area (Å²) in [4.78, 5) is 22.0. The van der Waals surface area contributed by atoms with Gasteiger partial charge in [0.05, 0.1) is 16.7 Å². The number of nitrogens with one attached hydrogen (secondary N) is 2. The minimum Gasteiger partial charge on any atom is -0.506 e. The molecule has 3 rings (SSSR count). The lowest BCUT2D eigenvalue weighted by Crippen LogP contribution is -2.19. The van der Waals surface area contributed by atoms with Crippen LogP contribution in [0, 0.1) is 10.1 Å². The van der Waals surface area contributed by atoms with Crippen LogP contribution < -0.4 is 10.6 Å². The molecule has 0 saturated carbocycles. The number of non-ortho nitro benzene ring substituents is 1. The highest BCUT2D eigenvalue weighted by molar-refractivity contribution is 6.02. The van der Waals surface area contributed by atoms with E-state index in [1.54, 1.807) is 6.07 Å². The largest absolute Gasteiger partial charge is 0.506 e. The van der Waals surface area contributed by atoms with E-state index < -0.39 is 11.0 Å². The van der Waals surface area contributed by atoms with Gasteiger partial charge in [-0.2, -0.15) is 0 Å². The highest BCUT2D eigenvalue weighted by atomic mass is 16.6. The van der Waals surface area contributed by atoms with Gasteiger partial charge in [0.15, 0.2) is 0 Å². The van der Waals surface area contributed by atoms with Gasteiger partial charge in [-0.05, 0) is 29.0 Å². The summed E-state index contributed by atoms with van der Waals surface area (Å²) >= 11 is 0. The smallest absolute Gasteiger partial charge is 0.323 e. The first-order valence-electron chi connectivity index (χ1n) is 7.07. The van der Waals surface area contributed by atoms with E-state index in [0.29, 0.717) is 5.69 Å². The van der Waals surface area contributed by atoms with Gasteiger partial charge >= 0.3 is 6.03 Å². The van der Waals surface area contributed by atoms with Crippen LogP contribution in [0.4, 0.5) is 21.9 Å². The topological polar surface area (TPSA) is 104 Å². The number of hydrogen-bond acceptors (Lipinski definition) is 4. The lowest BCUT2D eigenvalue weighted by Gasteiger charge is -2.09. The van der Waals surface area contributed by atoms with Crippen molar-refractivity contribution in [1.82, 2.24) is 0 Å². The average Bonchev–Trinajstić information content (AvgIpc) is 2.56. The fourth-order valence-corrected chi connectivity index (χ4v) is 2.29. The summed E-state index contributed by atoms with van der Waals surface area (Å²) in [6, 6.07) is 16.1. The summed E-state index contributed by atoms with van der Waals surface area (Å²) in [5.74, 6) is -0.377. The first-order valence-corrected chi connectivity index (χ1v) is 7.07. The van der Waals surface area contributed by atoms with Crippen LogP contribution in [0.1, 0.15) is 0 Å². The van der Waals surface area contributed by atoms with Gasteiger partial charge in [0.1, 0.15) is 5.75 Å². The lowest BCUT2D eigenvalue weighted by atomic mass is 10.1. The summed E-state index contributed by atoms with van der Waals surface area (Å²) < 4.78 is 0. The number of carbonyl (C=O) groups excluding carboxylic acids is 1. The quantitative estimate of drug-likeness (QED) is 0.383. The zero-order valence-electron chi connectivity index (χ0n) is 12.4. The molecule has 0 heterocycles. The second-order valence-electron chi connectivity index (χ2n) is 5.10. The summed E-state index contributed by atoms with van der Waals surface area (Å²) in [5, 5.41) is 27.5. The maximum absolute atomic E-state index is 12.0. The monoisotopic (exact) mass is 323 g/mol. The second-order valence-corrected chi connectivity index (χ2v) is 5.10. The molecule has 0 aliphatic heterocycles. The Morgan fingerprint density at radius 3 is 2.42 bits per heavy atom. The molecule has 3 aromatic rings. The molecule has 120 valence electrons. The maximum Gasteiger partial charge on any atom is 0.323 e. The Morgan fingerprint density at radius 1 is 0.958 bits per heavy atom. The van der Waals surface area contributed by atoms with Crippen LogP contribution in [0.25, 0.3) is 10.8 Å². The minimum atomic E-state index is -0.626. The number of nitrogens with zero attached hydrogens (tertiary/aromatic N) is 1. The number of phenols is 1. The Bertz CT molecular complexity index is 940. The molecule has 0 aromatic heterocycles. The van der Waals surface area contributed by atoms with Gasteiger partial charge < -0.3 is 15.7 Å². The third kappa shape index (κ3) is 3.25. The van der Waals surface area contributed by atoms with Crippen LogP contribution in [0.3, 0.4) is 0 Å². The summed E-state index contributed by atoms with van der Waals surface area (Å²) in [6.07, 6.45) is 0. The van der Waals surface area contributed by atoms with Gasteiger partial charge in [0, 0.05) is 11.8 Å². The second kappa shape index (κ2) is 6.25. The number of nitro benzene ring substituents is 1. The Balaban J connectivity index is 1.74. The molecule has 0 bridgehead atoms. The third-order valence-corrected chi connectivity index (χ3v) is 3.45. The number of phenolic OH excluding ortho intramolecular Hbond substituents is 1. The molecular formula is C17H13N3O4. The Kier molecular flexibility index (Phi) is 3.98. The zero-order chi connectivity index (χ0) is 17.1. The maximum atomic E-state index is 12.0. The van der Waals surface area contributed by atoms with Crippen molar-refractivity contribution in [2.75, 3.05) is 10.6 Å². The number of carbonyl (C=O) groups is 1. The van der Waals surface area contributed by atoms with Gasteiger partial charge in [-0.15, -0.1) is 0 Å². The molecule has 7 nitrogen and oxygen atoms in total. The van der Waals surface area contributed by atoms with Crippen molar-refractivity contribution < 1.29 is 14.8 Å². The molecular weight excluding hydrogens is 310 g/mol. The molecule has 0 fully saturated rings. The van der Waals surface area contributed by atoms with Gasteiger partial charge in [-0.3, -0.25) is 10.1 Å². The number of anilines is 2. The molecule has 0 radical (unpaired) electrons. The Hall–Kier alpha value is -3.61. The molecule has 7 heteroatoms. The Labute approximate surface area is 136 Å². The number of urea groups is 1. The fraction of sp³-hybridized carbons (Fsp3) is 0. The van der Waals surface area contributed by atoms with Crippen LogP contribution in [-0.2, 0) is 0 Å². The first-order chi connectivity index (χ1) is 11.5. The zero-order valence-corrected chi connectivity index (χ0v) is 12.4. The highest BCUT2D eigenvalue weighted by Crippen LogP contribution is 2.28. The molecule has 0 aliphatic carbocycles. The van der Waals surface area contributed by atoms with Crippen molar-refractivity contribution in [1.29, 1.82) is 0 Å². The van der Waals surface area contributed by atoms with Gasteiger partial charge in [-0.25, -0.2) is 4.79 Å². The normalized spacial score (nSPS) is 10.3. The molecule has 24 heavy (non-hydrogen) atoms. The predicted molar refractivity (Wildman–Crippen MR) is 91.4 cm³/mol. The molecule has 0 aliphatic rings. The predicted octanol–water partition coefficient (Wildman–Crippen LogP) is 4.10. The molecule has 3 N–H and O–H groups in total. The van der Waals surface area contributed by atoms with E-state index in [-0.39, 0.29) is 17.1 Å². The number of nitro groups is 1. The average molecular weight is 323 g/mol. The van der Waals surface area contributed by atoms with Crippen molar-refractivity contribution in [2.45, 2.75) is 0 Å². The molecule has 0 unspecified atom stereocenters. The van der Waals surface area contributed by atoms with Gasteiger partial charge in [0.2, 0.25) is 0 Å². The summed E-state index contributed by atoms with van der Waals surface area (Å²) in [6.45, 7) is 0. The highest BCUT2D eigenvalue weighted by Gasteiger charge is 2.12. The summed E-state index contributed by atoms with van der Waals surface area (Å²) in [7, 11) is 0. The SMILES string of the molecule is O=C(Nc1ccc2ccccc2c1)Nc1ccc([N+](=O)[O-])cc1O. The van der Waals surface area contributed by atoms with Gasteiger partial charge in [0.25, 0.3) is 5.69 Å². The van der Waals surface area contributed by atoms with E-state index in [4.69, 9.17) is 0 Å². The summed E-state index contributed by atoms with van der Waals surface area (Å²) in [5.41, 5.74) is 0.416. The number of fused-ring (bicyclic) bond motifs is 1. The van der Waals surface area contributed by atoms with Crippen molar-refractivity contribution in [3.05, 3.63) is 70.8 Å². The minimum absolute atomic E-state index is 0.0823. The van der Waals surface area contributed by atoms with Crippen LogP contribution in [0.2, 0.25) is 0 Å². The van der Waals surface area contributed by atoms with E-state index in [1.165, 1.54) is 12.1 Å². The van der Waals surface area contributed by atoms with Crippen LogP contribution in [-0.4, -0.2) is 16.1 Å². The molecule has 2 amide bonds. The lowest BCUT2D eigenvalue weighted by molar-refractivity contribution is -0.384. The van der Waals surface area contributed by atoms with E-state index in [2.05, 4.69) is 10.6 Å². The van der Waals surface area contributed by atoms with Crippen molar-refractivity contribution >= 4 is 33.9 Å². The van der Waals surface area contributed by atoms with Crippen LogP contribution in [0.5, 0.6) is 5.75 Å². The molecule has 0 saturated heterocycles. The van der Waals surface area contributed by atoms with E-state index in [9.17, 15) is 20.0 Å². The van der Waals surface area contributed by atoms with E-state index in [1.807, 2.05) is 36.4 Å². The third-order valence-electron chi connectivity index (χ3n) is 3.45. The van der Waals surface area contributed by atoms with Crippen molar-refractivity contribution in [2.24, 2.45) is 0 Å². The van der Waals surface area contributed by atoms with Crippen molar-refractivity contribution in [3.63, 3.8) is 0 Å². The Morgan fingerprint density at radius 2 is 1.71 bits per heavy atom. The van der Waals surface area contributed by atoms with E-state index >= 15 is 0 Å². The van der Waals surface area contributed by atoms with Crippen LogP contribution in [0.15, 0.2) is 60.7 Å². The standard InChI is InChI=1S/C17H13N3O4/c21-16-10-14(20(23)24)7-8-15(16)19-17(22)18-13-6-5-11-3-1-2-4-12(11)9-13/h1-10,21H,(H2,18,19,22). The molecule has 3 aromatic carbocycles. The number of hydrogen-bond donors (Lipinski definition) is 3. The fourth-order valence-electron chi connectivity index (χ4n) is 2.29. The molecule has 0 atom stereocenters.